The number of aryl methyl sites for hydroxylation is 1. The molecule has 0 fully saturated rings. The van der Waals surface area contributed by atoms with Crippen molar-refractivity contribution >= 4 is 11.6 Å². The van der Waals surface area contributed by atoms with E-state index in [1.165, 1.54) is 0 Å². The van der Waals surface area contributed by atoms with Crippen LogP contribution in [0.25, 0.3) is 11.5 Å². The van der Waals surface area contributed by atoms with Crippen LogP contribution in [0.2, 0.25) is 0 Å². The Labute approximate surface area is 79.9 Å². The highest BCUT2D eigenvalue weighted by Gasteiger charge is 2.09. The van der Waals surface area contributed by atoms with Crippen LogP contribution in [0.15, 0.2) is 16.8 Å². The van der Waals surface area contributed by atoms with Crippen LogP contribution in [0.4, 0.5) is 0 Å². The van der Waals surface area contributed by atoms with E-state index in [1.54, 1.807) is 12.4 Å². The predicted octanol–water partition coefficient (Wildman–Crippen LogP) is 2.11. The Balaban J connectivity index is 2.41. The molecule has 0 bridgehead atoms. The molecule has 5 heteroatoms. The van der Waals surface area contributed by atoms with Gasteiger partial charge >= 0.3 is 0 Å². The molecule has 2 heterocycles. The number of hydrogen-bond donors (Lipinski definition) is 1. The molecule has 68 valence electrons. The van der Waals surface area contributed by atoms with Gasteiger partial charge in [0.15, 0.2) is 0 Å². The van der Waals surface area contributed by atoms with Crippen molar-refractivity contribution in [3.8, 4) is 11.5 Å². The first-order chi connectivity index (χ1) is 6.31. The molecule has 0 saturated heterocycles. The van der Waals surface area contributed by atoms with E-state index in [4.69, 9.17) is 16.0 Å². The zero-order chi connectivity index (χ0) is 9.26. The summed E-state index contributed by atoms with van der Waals surface area (Å²) in [5.74, 6) is 1.56. The van der Waals surface area contributed by atoms with Crippen LogP contribution in [-0.2, 0) is 5.88 Å². The summed E-state index contributed by atoms with van der Waals surface area (Å²) in [6, 6.07) is 0. The molecule has 13 heavy (non-hydrogen) atoms. The highest BCUT2D eigenvalue weighted by molar-refractivity contribution is 6.16. The van der Waals surface area contributed by atoms with Crippen LogP contribution < -0.4 is 0 Å². The van der Waals surface area contributed by atoms with E-state index >= 15 is 0 Å². The molecule has 0 amide bonds. The number of oxazole rings is 1. The van der Waals surface area contributed by atoms with Gasteiger partial charge in [0.2, 0.25) is 5.89 Å². The van der Waals surface area contributed by atoms with E-state index in [0.717, 1.165) is 11.3 Å². The van der Waals surface area contributed by atoms with Crippen LogP contribution in [0.5, 0.6) is 0 Å². The standard InChI is InChI=1S/C8H8ClN3O/c1-5-7(4-11-12-5)8-10-3-6(2-9)13-8/h3-4H,2H2,1H3,(H,11,12). The van der Waals surface area contributed by atoms with E-state index in [2.05, 4.69) is 15.2 Å². The number of alkyl halides is 1. The fraction of sp³-hybridized carbons (Fsp3) is 0.250. The maximum Gasteiger partial charge on any atom is 0.229 e. The lowest BCUT2D eigenvalue weighted by molar-refractivity contribution is 0.537. The van der Waals surface area contributed by atoms with E-state index < -0.39 is 0 Å². The van der Waals surface area contributed by atoms with Crippen LogP contribution in [0, 0.1) is 6.92 Å². The van der Waals surface area contributed by atoms with Crippen molar-refractivity contribution in [1.82, 2.24) is 15.2 Å². The third-order valence-electron chi connectivity index (χ3n) is 1.75. The second kappa shape index (κ2) is 3.22. The fourth-order valence-corrected chi connectivity index (χ4v) is 1.18. The maximum absolute atomic E-state index is 5.58. The highest BCUT2D eigenvalue weighted by Crippen LogP contribution is 2.21. The average molecular weight is 198 g/mol. The zero-order valence-electron chi connectivity index (χ0n) is 7.04. The van der Waals surface area contributed by atoms with Crippen molar-refractivity contribution < 1.29 is 4.42 Å². The summed E-state index contributed by atoms with van der Waals surface area (Å²) >= 11 is 5.58. The van der Waals surface area contributed by atoms with Crippen LogP contribution >= 0.6 is 11.6 Å². The molecule has 2 aromatic rings. The summed E-state index contributed by atoms with van der Waals surface area (Å²) in [6.07, 6.45) is 3.30. The molecular weight excluding hydrogens is 190 g/mol. The SMILES string of the molecule is Cc1[nH]ncc1-c1ncc(CCl)o1. The number of H-pyrrole nitrogens is 1. The Hall–Kier alpha value is -1.29. The molecule has 0 saturated carbocycles. The molecule has 0 aliphatic carbocycles. The predicted molar refractivity (Wildman–Crippen MR) is 48.4 cm³/mol. The van der Waals surface area contributed by atoms with Crippen molar-refractivity contribution in [2.24, 2.45) is 0 Å². The second-order valence-electron chi connectivity index (χ2n) is 2.67. The average Bonchev–Trinajstić information content (AvgIpc) is 2.71. The normalized spacial score (nSPS) is 10.6. The minimum Gasteiger partial charge on any atom is -0.440 e. The molecule has 2 aromatic heterocycles. The van der Waals surface area contributed by atoms with Gasteiger partial charge in [-0.2, -0.15) is 5.10 Å². The Morgan fingerprint density at radius 1 is 1.54 bits per heavy atom. The largest absolute Gasteiger partial charge is 0.440 e. The van der Waals surface area contributed by atoms with Gasteiger partial charge in [0, 0.05) is 5.69 Å². The number of nitrogens with zero attached hydrogens (tertiary/aromatic N) is 2. The Morgan fingerprint density at radius 2 is 2.38 bits per heavy atom. The molecule has 0 radical (unpaired) electrons. The highest BCUT2D eigenvalue weighted by atomic mass is 35.5. The van der Waals surface area contributed by atoms with Gasteiger partial charge in [-0.05, 0) is 6.92 Å². The van der Waals surface area contributed by atoms with Gasteiger partial charge in [-0.1, -0.05) is 0 Å². The molecule has 0 aliphatic heterocycles. The summed E-state index contributed by atoms with van der Waals surface area (Å²) in [5.41, 5.74) is 1.80. The van der Waals surface area contributed by atoms with E-state index in [-0.39, 0.29) is 0 Å². The van der Waals surface area contributed by atoms with Crippen molar-refractivity contribution in [2.45, 2.75) is 12.8 Å². The Kier molecular flexibility index (Phi) is 2.06. The van der Waals surface area contributed by atoms with Gasteiger partial charge in [-0.3, -0.25) is 5.10 Å². The number of halogens is 1. The van der Waals surface area contributed by atoms with Gasteiger partial charge in [-0.15, -0.1) is 11.6 Å². The second-order valence-corrected chi connectivity index (χ2v) is 2.94. The van der Waals surface area contributed by atoms with Crippen LogP contribution in [0.1, 0.15) is 11.5 Å². The van der Waals surface area contributed by atoms with Crippen LogP contribution in [0.3, 0.4) is 0 Å². The summed E-state index contributed by atoms with van der Waals surface area (Å²) in [6.45, 7) is 1.91. The first-order valence-corrected chi connectivity index (χ1v) is 4.35. The van der Waals surface area contributed by atoms with Crippen LogP contribution in [-0.4, -0.2) is 15.2 Å². The minimum atomic E-state index is 0.337. The number of nitrogens with one attached hydrogen (secondary N) is 1. The van der Waals surface area contributed by atoms with E-state index in [0.29, 0.717) is 17.5 Å². The van der Waals surface area contributed by atoms with E-state index in [9.17, 15) is 0 Å². The molecular formula is C8H8ClN3O. The summed E-state index contributed by atoms with van der Waals surface area (Å²) in [5, 5.41) is 6.69. The minimum absolute atomic E-state index is 0.337. The monoisotopic (exact) mass is 197 g/mol. The van der Waals surface area contributed by atoms with Gasteiger partial charge in [0.05, 0.1) is 23.8 Å². The van der Waals surface area contributed by atoms with Gasteiger partial charge < -0.3 is 4.42 Å². The zero-order valence-corrected chi connectivity index (χ0v) is 7.80. The van der Waals surface area contributed by atoms with Gasteiger partial charge in [0.25, 0.3) is 0 Å². The lowest BCUT2D eigenvalue weighted by Crippen LogP contribution is -1.77. The number of aromatic nitrogens is 3. The third kappa shape index (κ3) is 1.45. The molecule has 2 rings (SSSR count). The first-order valence-electron chi connectivity index (χ1n) is 3.82. The van der Waals surface area contributed by atoms with Crippen molar-refractivity contribution in [2.75, 3.05) is 0 Å². The van der Waals surface area contributed by atoms with E-state index in [1.807, 2.05) is 6.92 Å². The summed E-state index contributed by atoms with van der Waals surface area (Å²) in [7, 11) is 0. The first kappa shape index (κ1) is 8.31. The topological polar surface area (TPSA) is 54.7 Å². The fourth-order valence-electron chi connectivity index (χ4n) is 1.06. The summed E-state index contributed by atoms with van der Waals surface area (Å²) < 4.78 is 5.35. The summed E-state index contributed by atoms with van der Waals surface area (Å²) in [4.78, 5) is 4.08. The molecule has 0 unspecified atom stereocenters. The molecule has 1 N–H and O–H groups in total. The molecule has 0 aromatic carbocycles. The molecule has 4 nitrogen and oxygen atoms in total. The van der Waals surface area contributed by atoms with Gasteiger partial charge in [-0.25, -0.2) is 4.98 Å². The lowest BCUT2D eigenvalue weighted by Gasteiger charge is -1.90. The maximum atomic E-state index is 5.58. The molecule has 0 aliphatic rings. The number of aromatic amines is 1. The Morgan fingerprint density at radius 3 is 2.92 bits per heavy atom. The molecule has 0 atom stereocenters. The van der Waals surface area contributed by atoms with Gasteiger partial charge in [0.1, 0.15) is 5.76 Å². The number of hydrogen-bond acceptors (Lipinski definition) is 3. The smallest absolute Gasteiger partial charge is 0.229 e. The quantitative estimate of drug-likeness (QED) is 0.751. The van der Waals surface area contributed by atoms with Crippen molar-refractivity contribution in [1.29, 1.82) is 0 Å². The lowest BCUT2D eigenvalue weighted by atomic mass is 10.3. The van der Waals surface area contributed by atoms with Crippen molar-refractivity contribution in [3.63, 3.8) is 0 Å². The van der Waals surface area contributed by atoms with Crippen molar-refractivity contribution in [3.05, 3.63) is 23.8 Å². The molecule has 0 spiro atoms. The number of rotatable bonds is 2. The Bertz CT molecular complexity index is 407. The third-order valence-corrected chi connectivity index (χ3v) is 2.01.